The van der Waals surface area contributed by atoms with E-state index >= 15 is 0 Å². The molecule has 150 valence electrons. The van der Waals surface area contributed by atoms with Crippen molar-refractivity contribution < 1.29 is 23.7 Å². The van der Waals surface area contributed by atoms with Crippen molar-refractivity contribution in [2.24, 2.45) is 0 Å². The molecule has 0 bridgehead atoms. The predicted octanol–water partition coefficient (Wildman–Crippen LogP) is 4.62. The fraction of sp³-hybridized carbons (Fsp3) is 0.208. The predicted molar refractivity (Wildman–Crippen MR) is 111 cm³/mol. The van der Waals surface area contributed by atoms with Gasteiger partial charge in [0.05, 0.1) is 21.3 Å². The Morgan fingerprint density at radius 1 is 0.621 bits per heavy atom. The molecule has 0 aliphatic rings. The zero-order valence-corrected chi connectivity index (χ0v) is 17.0. The van der Waals surface area contributed by atoms with Crippen molar-refractivity contribution in [1.29, 1.82) is 0 Å². The fourth-order valence-corrected chi connectivity index (χ4v) is 3.39. The summed E-state index contributed by atoms with van der Waals surface area (Å²) >= 11 is 0. The molecular formula is C24H24O5. The molecule has 5 heteroatoms. The molecule has 0 amide bonds. The van der Waals surface area contributed by atoms with E-state index < -0.39 is 11.4 Å². The van der Waals surface area contributed by atoms with Crippen molar-refractivity contribution in [3.8, 4) is 23.0 Å². The molecule has 0 heterocycles. The SMILES string of the molecule is COc1ccccc1OC(=O)C(C)(c1ccccc1OC)c1ccccc1OC. The minimum absolute atomic E-state index is 0.344. The summed E-state index contributed by atoms with van der Waals surface area (Å²) in [5.74, 6) is 1.51. The van der Waals surface area contributed by atoms with Gasteiger partial charge in [-0.1, -0.05) is 48.5 Å². The largest absolute Gasteiger partial charge is 0.496 e. The lowest BCUT2D eigenvalue weighted by Crippen LogP contribution is -2.38. The molecular weight excluding hydrogens is 368 g/mol. The van der Waals surface area contributed by atoms with Crippen molar-refractivity contribution in [1.82, 2.24) is 0 Å². The minimum Gasteiger partial charge on any atom is -0.496 e. The van der Waals surface area contributed by atoms with Gasteiger partial charge in [-0.05, 0) is 31.2 Å². The van der Waals surface area contributed by atoms with E-state index in [2.05, 4.69) is 0 Å². The van der Waals surface area contributed by atoms with Crippen LogP contribution in [0.5, 0.6) is 23.0 Å². The monoisotopic (exact) mass is 392 g/mol. The normalized spacial score (nSPS) is 10.9. The van der Waals surface area contributed by atoms with Crippen LogP contribution in [0.15, 0.2) is 72.8 Å². The molecule has 0 atom stereocenters. The van der Waals surface area contributed by atoms with Gasteiger partial charge in [0, 0.05) is 11.1 Å². The zero-order valence-electron chi connectivity index (χ0n) is 17.0. The van der Waals surface area contributed by atoms with Crippen LogP contribution in [-0.2, 0) is 10.2 Å². The summed E-state index contributed by atoms with van der Waals surface area (Å²) in [7, 11) is 4.69. The lowest BCUT2D eigenvalue weighted by molar-refractivity contribution is -0.139. The number of hydrogen-bond donors (Lipinski definition) is 0. The Balaban J connectivity index is 2.19. The van der Waals surface area contributed by atoms with E-state index in [-0.39, 0.29) is 0 Å². The summed E-state index contributed by atoms with van der Waals surface area (Å²) in [6.45, 7) is 1.81. The van der Waals surface area contributed by atoms with E-state index in [0.29, 0.717) is 34.1 Å². The number of ether oxygens (including phenoxy) is 4. The number of esters is 1. The molecule has 0 saturated heterocycles. The van der Waals surface area contributed by atoms with Crippen LogP contribution in [0, 0.1) is 0 Å². The Labute approximate surface area is 170 Å². The minimum atomic E-state index is -1.19. The van der Waals surface area contributed by atoms with E-state index in [1.54, 1.807) is 39.3 Å². The molecule has 0 spiro atoms. The third kappa shape index (κ3) is 3.76. The lowest BCUT2D eigenvalue weighted by atomic mass is 9.75. The quantitative estimate of drug-likeness (QED) is 0.434. The second-order valence-corrected chi connectivity index (χ2v) is 6.57. The summed E-state index contributed by atoms with van der Waals surface area (Å²) in [5, 5.41) is 0. The van der Waals surface area contributed by atoms with Gasteiger partial charge in [0.25, 0.3) is 0 Å². The Morgan fingerprint density at radius 2 is 1.00 bits per heavy atom. The van der Waals surface area contributed by atoms with Crippen LogP contribution in [0.25, 0.3) is 0 Å². The fourth-order valence-electron chi connectivity index (χ4n) is 3.39. The number of benzene rings is 3. The van der Waals surface area contributed by atoms with Crippen LogP contribution in [-0.4, -0.2) is 27.3 Å². The Hall–Kier alpha value is -3.47. The van der Waals surface area contributed by atoms with E-state index in [9.17, 15) is 4.79 Å². The maximum absolute atomic E-state index is 13.7. The molecule has 0 saturated carbocycles. The molecule has 3 aromatic rings. The Bertz CT molecular complexity index is 948. The lowest BCUT2D eigenvalue weighted by Gasteiger charge is -2.31. The number of carbonyl (C=O) groups is 1. The van der Waals surface area contributed by atoms with Crippen LogP contribution in [0.2, 0.25) is 0 Å². The highest BCUT2D eigenvalue weighted by Crippen LogP contribution is 2.43. The zero-order chi connectivity index (χ0) is 20.9. The maximum atomic E-state index is 13.7. The standard InChI is InChI=1S/C24H24O5/c1-24(17-11-5-7-13-19(17)26-2,18-12-6-8-14-20(18)27-3)23(25)29-22-16-10-9-15-21(22)28-4/h5-16H,1-4H3. The molecule has 0 aliphatic heterocycles. The average Bonchev–Trinajstić information content (AvgIpc) is 2.78. The van der Waals surface area contributed by atoms with E-state index in [0.717, 1.165) is 0 Å². The van der Waals surface area contributed by atoms with Gasteiger partial charge in [0.1, 0.15) is 16.9 Å². The smallest absolute Gasteiger partial charge is 0.326 e. The van der Waals surface area contributed by atoms with Crippen LogP contribution < -0.4 is 18.9 Å². The molecule has 3 rings (SSSR count). The van der Waals surface area contributed by atoms with Gasteiger partial charge in [-0.3, -0.25) is 4.79 Å². The first kappa shape index (κ1) is 20.3. The van der Waals surface area contributed by atoms with E-state index in [1.165, 1.54) is 7.11 Å². The van der Waals surface area contributed by atoms with E-state index in [1.807, 2.05) is 54.6 Å². The molecule has 5 nitrogen and oxygen atoms in total. The van der Waals surface area contributed by atoms with Crippen molar-refractivity contribution in [2.45, 2.75) is 12.3 Å². The molecule has 3 aromatic carbocycles. The topological polar surface area (TPSA) is 54.0 Å². The Morgan fingerprint density at radius 3 is 1.45 bits per heavy atom. The number of rotatable bonds is 7. The van der Waals surface area contributed by atoms with Crippen LogP contribution in [0.1, 0.15) is 18.1 Å². The number of hydrogen-bond acceptors (Lipinski definition) is 5. The van der Waals surface area contributed by atoms with Gasteiger partial charge >= 0.3 is 5.97 Å². The van der Waals surface area contributed by atoms with Crippen molar-refractivity contribution in [3.63, 3.8) is 0 Å². The summed E-state index contributed by atoms with van der Waals surface area (Å²) in [5.41, 5.74) is 0.152. The van der Waals surface area contributed by atoms with Crippen molar-refractivity contribution in [2.75, 3.05) is 21.3 Å². The number of methoxy groups -OCH3 is 3. The highest BCUT2D eigenvalue weighted by Gasteiger charge is 2.43. The molecule has 0 fully saturated rings. The van der Waals surface area contributed by atoms with Gasteiger partial charge in [-0.2, -0.15) is 0 Å². The second-order valence-electron chi connectivity index (χ2n) is 6.57. The Kier molecular flexibility index (Phi) is 6.07. The van der Waals surface area contributed by atoms with Crippen molar-refractivity contribution >= 4 is 5.97 Å². The number of para-hydroxylation sites is 4. The van der Waals surface area contributed by atoms with Crippen molar-refractivity contribution in [3.05, 3.63) is 83.9 Å². The van der Waals surface area contributed by atoms with Crippen LogP contribution in [0.3, 0.4) is 0 Å². The van der Waals surface area contributed by atoms with Gasteiger partial charge in [0.2, 0.25) is 0 Å². The summed E-state index contributed by atoms with van der Waals surface area (Å²) in [4.78, 5) is 13.7. The summed E-state index contributed by atoms with van der Waals surface area (Å²) in [6.07, 6.45) is 0. The van der Waals surface area contributed by atoms with Crippen LogP contribution in [0.4, 0.5) is 0 Å². The van der Waals surface area contributed by atoms with Crippen LogP contribution >= 0.6 is 0 Å². The highest BCUT2D eigenvalue weighted by atomic mass is 16.6. The first-order valence-electron chi connectivity index (χ1n) is 9.18. The van der Waals surface area contributed by atoms with Gasteiger partial charge in [-0.25, -0.2) is 0 Å². The third-order valence-corrected chi connectivity index (χ3v) is 4.97. The molecule has 0 unspecified atom stereocenters. The molecule has 0 aromatic heterocycles. The van der Waals surface area contributed by atoms with Gasteiger partial charge in [0.15, 0.2) is 11.5 Å². The molecule has 0 radical (unpaired) electrons. The van der Waals surface area contributed by atoms with Gasteiger partial charge < -0.3 is 18.9 Å². The first-order valence-corrected chi connectivity index (χ1v) is 9.18. The first-order chi connectivity index (χ1) is 14.1. The number of carbonyl (C=O) groups excluding carboxylic acids is 1. The third-order valence-electron chi connectivity index (χ3n) is 4.97. The molecule has 0 aliphatic carbocycles. The summed E-state index contributed by atoms with van der Waals surface area (Å²) in [6, 6.07) is 21.8. The van der Waals surface area contributed by atoms with E-state index in [4.69, 9.17) is 18.9 Å². The van der Waals surface area contributed by atoms with Gasteiger partial charge in [-0.15, -0.1) is 0 Å². The highest BCUT2D eigenvalue weighted by molar-refractivity contribution is 5.91. The molecule has 29 heavy (non-hydrogen) atoms. The maximum Gasteiger partial charge on any atom is 0.326 e. The molecule has 0 N–H and O–H groups in total. The summed E-state index contributed by atoms with van der Waals surface area (Å²) < 4.78 is 22.3. The average molecular weight is 392 g/mol. The second kappa shape index (κ2) is 8.69.